The third kappa shape index (κ3) is 2.23. The Morgan fingerprint density at radius 3 is 3.05 bits per heavy atom. The Morgan fingerprint density at radius 1 is 1.52 bits per heavy atom. The Kier molecular flexibility index (Phi) is 3.32. The highest BCUT2D eigenvalue weighted by Crippen LogP contribution is 2.40. The van der Waals surface area contributed by atoms with E-state index in [0.717, 1.165) is 29.9 Å². The van der Waals surface area contributed by atoms with Crippen molar-refractivity contribution in [2.24, 2.45) is 5.73 Å². The summed E-state index contributed by atoms with van der Waals surface area (Å²) in [6.45, 7) is 2.08. The van der Waals surface area contributed by atoms with Gasteiger partial charge in [-0.25, -0.2) is 0 Å². The molecule has 0 radical (unpaired) electrons. The molecule has 0 bridgehead atoms. The number of hydrogen-bond donors (Lipinski definition) is 2. The number of nitrogens with zero attached hydrogens (tertiary/aromatic N) is 3. The summed E-state index contributed by atoms with van der Waals surface area (Å²) >= 11 is 0. The quantitative estimate of drug-likeness (QED) is 0.895. The van der Waals surface area contributed by atoms with Gasteiger partial charge in [0.05, 0.1) is 11.6 Å². The number of aryl methyl sites for hydroxylation is 1. The maximum absolute atomic E-state index is 9.41. The Hall–Kier alpha value is -2.81. The van der Waals surface area contributed by atoms with E-state index >= 15 is 0 Å². The number of H-pyrrole nitrogens is 1. The molecule has 0 unspecified atom stereocenters. The molecule has 1 atom stereocenters. The van der Waals surface area contributed by atoms with Crippen molar-refractivity contribution < 1.29 is 4.74 Å². The van der Waals surface area contributed by atoms with Crippen molar-refractivity contribution in [2.45, 2.75) is 25.7 Å². The molecule has 3 rings (SSSR count). The molecule has 3 heterocycles. The van der Waals surface area contributed by atoms with Crippen molar-refractivity contribution in [3.05, 3.63) is 53.1 Å². The summed E-state index contributed by atoms with van der Waals surface area (Å²) in [5.41, 5.74) is 7.90. The van der Waals surface area contributed by atoms with E-state index in [1.807, 2.05) is 12.1 Å². The van der Waals surface area contributed by atoms with Gasteiger partial charge in [0, 0.05) is 18.8 Å². The summed E-state index contributed by atoms with van der Waals surface area (Å²) in [6, 6.07) is 5.89. The lowest BCUT2D eigenvalue weighted by Gasteiger charge is -2.22. The number of ether oxygens (including phenoxy) is 1. The minimum Gasteiger partial charge on any atom is -0.420 e. The molecule has 1 aliphatic heterocycles. The fraction of sp³-hybridized carbons (Fsp3) is 0.267. The molecule has 0 amide bonds. The normalized spacial score (nSPS) is 17.0. The smallest absolute Gasteiger partial charge is 0.243 e. The first-order chi connectivity index (χ1) is 10.2. The van der Waals surface area contributed by atoms with Gasteiger partial charge in [-0.2, -0.15) is 10.2 Å². The van der Waals surface area contributed by atoms with Crippen LogP contribution >= 0.6 is 0 Å². The van der Waals surface area contributed by atoms with Gasteiger partial charge in [-0.15, -0.1) is 0 Å². The van der Waals surface area contributed by atoms with Crippen LogP contribution in [0.3, 0.4) is 0 Å². The van der Waals surface area contributed by atoms with Crippen LogP contribution in [-0.4, -0.2) is 15.0 Å². The summed E-state index contributed by atoms with van der Waals surface area (Å²) in [5.74, 6) is 1.08. The third-order valence-corrected chi connectivity index (χ3v) is 3.42. The molecule has 0 fully saturated rings. The van der Waals surface area contributed by atoms with E-state index in [4.69, 9.17) is 10.5 Å². The van der Waals surface area contributed by atoms with Crippen molar-refractivity contribution in [1.29, 1.82) is 5.26 Å². The molecule has 0 aliphatic carbocycles. The second kappa shape index (κ2) is 5.29. The molecule has 0 aromatic carbocycles. The highest BCUT2D eigenvalue weighted by Gasteiger charge is 2.33. The number of imidazole rings is 1. The lowest BCUT2D eigenvalue weighted by Crippen LogP contribution is -2.21. The van der Waals surface area contributed by atoms with Gasteiger partial charge in [0.2, 0.25) is 11.8 Å². The van der Waals surface area contributed by atoms with E-state index in [0.29, 0.717) is 11.5 Å². The van der Waals surface area contributed by atoms with Gasteiger partial charge in [-0.3, -0.25) is 4.98 Å². The highest BCUT2D eigenvalue weighted by atomic mass is 16.5. The predicted octanol–water partition coefficient (Wildman–Crippen LogP) is 1.98. The van der Waals surface area contributed by atoms with Crippen molar-refractivity contribution >= 4 is 0 Å². The van der Waals surface area contributed by atoms with Crippen molar-refractivity contribution in [3.63, 3.8) is 0 Å². The number of nitriles is 1. The summed E-state index contributed by atoms with van der Waals surface area (Å²) in [6.07, 6.45) is 5.21. The van der Waals surface area contributed by atoms with Crippen LogP contribution in [-0.2, 0) is 6.42 Å². The molecule has 0 spiro atoms. The van der Waals surface area contributed by atoms with Gasteiger partial charge < -0.3 is 15.5 Å². The zero-order valence-electron chi connectivity index (χ0n) is 11.6. The van der Waals surface area contributed by atoms with Gasteiger partial charge in [0.25, 0.3) is 0 Å². The number of nitrogens with one attached hydrogen (secondary N) is 1. The largest absolute Gasteiger partial charge is 0.420 e. The minimum atomic E-state index is -0.314. The van der Waals surface area contributed by atoms with E-state index in [-0.39, 0.29) is 11.8 Å². The van der Waals surface area contributed by atoms with Crippen LogP contribution < -0.4 is 10.5 Å². The molecular formula is C15H15N5O. The molecule has 0 saturated carbocycles. The number of rotatable bonds is 3. The fourth-order valence-corrected chi connectivity index (χ4v) is 2.49. The summed E-state index contributed by atoms with van der Waals surface area (Å²) in [4.78, 5) is 11.8. The maximum atomic E-state index is 9.41. The predicted molar refractivity (Wildman–Crippen MR) is 76.1 cm³/mol. The van der Waals surface area contributed by atoms with Crippen LogP contribution in [0.25, 0.3) is 0 Å². The average Bonchev–Trinajstić information content (AvgIpc) is 2.89. The molecule has 2 aromatic rings. The Morgan fingerprint density at radius 2 is 2.38 bits per heavy atom. The first-order valence-electron chi connectivity index (χ1n) is 6.80. The molecule has 3 N–H and O–H groups in total. The van der Waals surface area contributed by atoms with Gasteiger partial charge in [0.1, 0.15) is 17.5 Å². The monoisotopic (exact) mass is 281 g/mol. The standard InChI is InChI=1S/C15H15N5O/c1-2-4-11-19-13-12(9-5-3-6-18-8-9)10(7-16)14(17)21-15(13)20-11/h3,5-6,8,12H,2,4,17H2,1H3,(H,19,20)/t12-/m1/s1. The number of fused-ring (bicyclic) bond motifs is 1. The first-order valence-corrected chi connectivity index (χ1v) is 6.80. The van der Waals surface area contributed by atoms with Crippen molar-refractivity contribution in [3.8, 4) is 11.9 Å². The number of pyridine rings is 1. The van der Waals surface area contributed by atoms with E-state index < -0.39 is 0 Å². The molecular weight excluding hydrogens is 266 g/mol. The first kappa shape index (κ1) is 13.2. The number of hydrogen-bond acceptors (Lipinski definition) is 5. The van der Waals surface area contributed by atoms with E-state index in [9.17, 15) is 5.26 Å². The molecule has 21 heavy (non-hydrogen) atoms. The van der Waals surface area contributed by atoms with Crippen molar-refractivity contribution in [2.75, 3.05) is 0 Å². The molecule has 1 aliphatic rings. The van der Waals surface area contributed by atoms with E-state index in [1.54, 1.807) is 12.4 Å². The number of aromatic amines is 1. The zero-order chi connectivity index (χ0) is 14.8. The second-order valence-corrected chi connectivity index (χ2v) is 4.86. The second-order valence-electron chi connectivity index (χ2n) is 4.86. The summed E-state index contributed by atoms with van der Waals surface area (Å²) < 4.78 is 5.49. The van der Waals surface area contributed by atoms with Gasteiger partial charge in [0.15, 0.2) is 0 Å². The van der Waals surface area contributed by atoms with E-state index in [1.165, 1.54) is 0 Å². The van der Waals surface area contributed by atoms with Gasteiger partial charge in [-0.1, -0.05) is 13.0 Å². The summed E-state index contributed by atoms with van der Waals surface area (Å²) in [7, 11) is 0. The van der Waals surface area contributed by atoms with Crippen LogP contribution in [0.1, 0.15) is 36.3 Å². The molecule has 0 saturated heterocycles. The Balaban J connectivity index is 2.14. The van der Waals surface area contributed by atoms with Crippen LogP contribution in [0.5, 0.6) is 5.88 Å². The molecule has 6 nitrogen and oxygen atoms in total. The number of allylic oxidation sites excluding steroid dienone is 1. The van der Waals surface area contributed by atoms with Crippen LogP contribution in [0.2, 0.25) is 0 Å². The molecule has 2 aromatic heterocycles. The summed E-state index contributed by atoms with van der Waals surface area (Å²) in [5, 5.41) is 9.41. The average molecular weight is 281 g/mol. The van der Waals surface area contributed by atoms with Crippen molar-refractivity contribution in [1.82, 2.24) is 15.0 Å². The Bertz CT molecular complexity index is 726. The fourth-order valence-electron chi connectivity index (χ4n) is 2.49. The SMILES string of the molecule is CCCc1nc2c([nH]1)[C@H](c1cccnc1)C(C#N)=C(N)O2. The minimum absolute atomic E-state index is 0.105. The van der Waals surface area contributed by atoms with Gasteiger partial charge in [-0.05, 0) is 18.1 Å². The molecule has 6 heteroatoms. The topological polar surface area (TPSA) is 101 Å². The zero-order valence-corrected chi connectivity index (χ0v) is 11.6. The number of aromatic nitrogens is 3. The lowest BCUT2D eigenvalue weighted by atomic mass is 9.89. The Labute approximate surface area is 122 Å². The third-order valence-electron chi connectivity index (χ3n) is 3.42. The maximum Gasteiger partial charge on any atom is 0.243 e. The van der Waals surface area contributed by atoms with E-state index in [2.05, 4.69) is 27.9 Å². The van der Waals surface area contributed by atoms with Gasteiger partial charge >= 0.3 is 0 Å². The van der Waals surface area contributed by atoms with Crippen LogP contribution in [0.4, 0.5) is 0 Å². The number of nitrogens with two attached hydrogens (primary N) is 1. The van der Waals surface area contributed by atoms with Crippen LogP contribution in [0, 0.1) is 11.3 Å². The highest BCUT2D eigenvalue weighted by molar-refractivity contribution is 5.50. The lowest BCUT2D eigenvalue weighted by molar-refractivity contribution is 0.379. The van der Waals surface area contributed by atoms with Crippen LogP contribution in [0.15, 0.2) is 36.0 Å². The molecule has 106 valence electrons.